The molecule has 0 atom stereocenters. The molecule has 0 radical (unpaired) electrons. The Morgan fingerprint density at radius 2 is 2.00 bits per heavy atom. The molecule has 4 heteroatoms. The first kappa shape index (κ1) is 7.82. The van der Waals surface area contributed by atoms with Gasteiger partial charge in [0.15, 0.2) is 0 Å². The van der Waals surface area contributed by atoms with Gasteiger partial charge in [-0.3, -0.25) is 0 Å². The van der Waals surface area contributed by atoms with Gasteiger partial charge in [0.1, 0.15) is 5.69 Å². The van der Waals surface area contributed by atoms with E-state index in [1.807, 2.05) is 0 Å². The highest BCUT2D eigenvalue weighted by atomic mass is 16.5. The van der Waals surface area contributed by atoms with E-state index in [4.69, 9.17) is 0 Å². The van der Waals surface area contributed by atoms with Gasteiger partial charge in [0.05, 0.1) is 5.70 Å². The molecule has 0 aliphatic carbocycles. The minimum atomic E-state index is 0.147. The summed E-state index contributed by atoms with van der Waals surface area (Å²) in [4.78, 5) is 0. The standard InChI is InChI=1S/C9H7N2O2/c1-7-6-10(12)8-4-2-3-5-9(8)11(7)13/h2-6H,1H2/q-1. The lowest BCUT2D eigenvalue weighted by Gasteiger charge is -2.33. The first-order chi connectivity index (χ1) is 6.20. The smallest absolute Gasteiger partial charge is 0.239 e. The van der Waals surface area contributed by atoms with E-state index in [9.17, 15) is 10.4 Å². The van der Waals surface area contributed by atoms with Crippen molar-refractivity contribution in [2.75, 3.05) is 5.06 Å². The van der Waals surface area contributed by atoms with Crippen LogP contribution in [0.1, 0.15) is 0 Å². The molecule has 0 aromatic heterocycles. The van der Waals surface area contributed by atoms with Gasteiger partial charge in [-0.15, -0.1) is 0 Å². The molecule has 0 saturated carbocycles. The van der Waals surface area contributed by atoms with Gasteiger partial charge in [0.2, 0.25) is 11.9 Å². The lowest BCUT2D eigenvalue weighted by Crippen LogP contribution is -2.22. The van der Waals surface area contributed by atoms with Gasteiger partial charge < -0.3 is 15.5 Å². The fraction of sp³-hybridized carbons (Fsp3) is 0. The highest BCUT2D eigenvalue weighted by Crippen LogP contribution is 2.31. The first-order valence-corrected chi connectivity index (χ1v) is 3.76. The summed E-state index contributed by atoms with van der Waals surface area (Å²) in [7, 11) is 0. The zero-order valence-electron chi connectivity index (χ0n) is 6.80. The van der Waals surface area contributed by atoms with Crippen LogP contribution >= 0.6 is 0 Å². The van der Waals surface area contributed by atoms with Crippen LogP contribution in [0, 0.1) is 10.4 Å². The van der Waals surface area contributed by atoms with Crippen LogP contribution in [0.15, 0.2) is 36.5 Å². The lowest BCUT2D eigenvalue weighted by molar-refractivity contribution is -0.355. The Morgan fingerprint density at radius 3 is 2.77 bits per heavy atom. The van der Waals surface area contributed by atoms with Gasteiger partial charge in [-0.2, -0.15) is 4.74 Å². The molecule has 0 N–H and O–H groups in total. The minimum Gasteiger partial charge on any atom is -0.753 e. The summed E-state index contributed by atoms with van der Waals surface area (Å²) in [6, 6.07) is 6.59. The molecular weight excluding hydrogens is 168 g/mol. The molecule has 0 bridgehead atoms. The molecule has 0 spiro atoms. The van der Waals surface area contributed by atoms with Crippen molar-refractivity contribution in [3.8, 4) is 0 Å². The van der Waals surface area contributed by atoms with Crippen molar-refractivity contribution in [3.05, 3.63) is 47.0 Å². The number of allylic oxidation sites excluding steroid dienone is 1. The SMILES string of the molecule is C=C1C=[N+]([O-])c2ccccc2N1[O-]. The van der Waals surface area contributed by atoms with Crippen molar-refractivity contribution in [1.82, 2.24) is 0 Å². The Kier molecular flexibility index (Phi) is 1.56. The maximum Gasteiger partial charge on any atom is 0.239 e. The van der Waals surface area contributed by atoms with Crippen LogP contribution in [-0.4, -0.2) is 11.0 Å². The van der Waals surface area contributed by atoms with E-state index in [0.717, 1.165) is 6.21 Å². The molecule has 1 aliphatic rings. The fourth-order valence-electron chi connectivity index (χ4n) is 1.23. The van der Waals surface area contributed by atoms with E-state index in [1.165, 1.54) is 0 Å². The number of hydrogen-bond donors (Lipinski definition) is 0. The molecule has 0 saturated heterocycles. The van der Waals surface area contributed by atoms with Gasteiger partial charge in [0.25, 0.3) is 0 Å². The van der Waals surface area contributed by atoms with Gasteiger partial charge in [-0.05, 0) is 6.07 Å². The van der Waals surface area contributed by atoms with Crippen molar-refractivity contribution in [1.29, 1.82) is 0 Å². The first-order valence-electron chi connectivity index (χ1n) is 3.76. The monoisotopic (exact) mass is 175 g/mol. The Bertz CT molecular complexity index is 398. The predicted molar refractivity (Wildman–Crippen MR) is 50.8 cm³/mol. The summed E-state index contributed by atoms with van der Waals surface area (Å²) in [5.74, 6) is 0. The van der Waals surface area contributed by atoms with Crippen LogP contribution < -0.4 is 5.06 Å². The van der Waals surface area contributed by atoms with E-state index in [0.29, 0.717) is 21.2 Å². The molecule has 1 heterocycles. The zero-order valence-corrected chi connectivity index (χ0v) is 6.80. The zero-order chi connectivity index (χ0) is 9.42. The summed E-state index contributed by atoms with van der Waals surface area (Å²) in [5.41, 5.74) is 0.837. The Balaban J connectivity index is 2.65. The Morgan fingerprint density at radius 1 is 1.31 bits per heavy atom. The predicted octanol–water partition coefficient (Wildman–Crippen LogP) is 1.73. The number of hydrogen-bond acceptors (Lipinski definition) is 3. The number of para-hydroxylation sites is 2. The molecule has 4 nitrogen and oxygen atoms in total. The average Bonchev–Trinajstić information content (AvgIpc) is 2.15. The maximum atomic E-state index is 11.4. The Labute approximate surface area is 75.2 Å². The molecule has 13 heavy (non-hydrogen) atoms. The molecule has 0 amide bonds. The van der Waals surface area contributed by atoms with Crippen LogP contribution in [0.5, 0.6) is 0 Å². The molecule has 1 aromatic carbocycles. The molecule has 2 rings (SSSR count). The van der Waals surface area contributed by atoms with Crippen molar-refractivity contribution >= 4 is 17.6 Å². The summed E-state index contributed by atoms with van der Waals surface area (Å²) in [5, 5.41) is 23.3. The van der Waals surface area contributed by atoms with Crippen molar-refractivity contribution in [2.45, 2.75) is 0 Å². The van der Waals surface area contributed by atoms with E-state index in [2.05, 4.69) is 6.58 Å². The van der Waals surface area contributed by atoms with Crippen LogP contribution in [0.3, 0.4) is 0 Å². The van der Waals surface area contributed by atoms with Gasteiger partial charge in [0, 0.05) is 6.07 Å². The quantitative estimate of drug-likeness (QED) is 0.445. The summed E-state index contributed by atoms with van der Waals surface area (Å²) >= 11 is 0. The second-order valence-electron chi connectivity index (χ2n) is 2.73. The van der Waals surface area contributed by atoms with Crippen molar-refractivity contribution in [3.63, 3.8) is 0 Å². The van der Waals surface area contributed by atoms with Crippen LogP contribution in [0.4, 0.5) is 11.4 Å². The second-order valence-corrected chi connectivity index (χ2v) is 2.73. The topological polar surface area (TPSA) is 52.4 Å². The van der Waals surface area contributed by atoms with Crippen molar-refractivity contribution in [2.24, 2.45) is 0 Å². The fourth-order valence-corrected chi connectivity index (χ4v) is 1.23. The van der Waals surface area contributed by atoms with Gasteiger partial charge >= 0.3 is 0 Å². The van der Waals surface area contributed by atoms with Crippen LogP contribution in [0.2, 0.25) is 0 Å². The number of anilines is 1. The highest BCUT2D eigenvalue weighted by molar-refractivity contribution is 5.87. The lowest BCUT2D eigenvalue weighted by atomic mass is 10.2. The second kappa shape index (κ2) is 2.60. The normalized spacial score (nSPS) is 15.3. The van der Waals surface area contributed by atoms with E-state index >= 15 is 0 Å². The highest BCUT2D eigenvalue weighted by Gasteiger charge is 2.17. The van der Waals surface area contributed by atoms with Gasteiger partial charge in [-0.1, -0.05) is 18.7 Å². The molecule has 0 unspecified atom stereocenters. The van der Waals surface area contributed by atoms with Crippen LogP contribution in [-0.2, 0) is 0 Å². The molecule has 1 aliphatic heterocycles. The van der Waals surface area contributed by atoms with E-state index in [-0.39, 0.29) is 5.70 Å². The molecular formula is C9H7N2O2-. The van der Waals surface area contributed by atoms with Crippen LogP contribution in [0.25, 0.3) is 0 Å². The average molecular weight is 175 g/mol. The number of benzene rings is 1. The summed E-state index contributed by atoms with van der Waals surface area (Å²) < 4.78 is 0.645. The molecule has 1 aromatic rings. The Hall–Kier alpha value is -1.81. The molecule has 66 valence electrons. The number of fused-ring (bicyclic) bond motifs is 1. The van der Waals surface area contributed by atoms with Gasteiger partial charge in [-0.25, -0.2) is 0 Å². The maximum absolute atomic E-state index is 11.4. The summed E-state index contributed by atoms with van der Waals surface area (Å²) in [6.07, 6.45) is 1.16. The third-order valence-corrected chi connectivity index (χ3v) is 1.87. The van der Waals surface area contributed by atoms with E-state index < -0.39 is 0 Å². The number of hydroxylamine groups is 1. The third-order valence-electron chi connectivity index (χ3n) is 1.87. The largest absolute Gasteiger partial charge is 0.753 e. The minimum absolute atomic E-state index is 0.147. The third kappa shape index (κ3) is 1.08. The van der Waals surface area contributed by atoms with E-state index in [1.54, 1.807) is 24.3 Å². The summed E-state index contributed by atoms with van der Waals surface area (Å²) in [6.45, 7) is 3.46. The number of rotatable bonds is 0. The number of nitrogens with zero attached hydrogens (tertiary/aromatic N) is 2. The van der Waals surface area contributed by atoms with Crippen molar-refractivity contribution < 1.29 is 4.74 Å². The molecule has 0 fully saturated rings.